The van der Waals surface area contributed by atoms with Gasteiger partial charge in [0.05, 0.1) is 5.60 Å². The van der Waals surface area contributed by atoms with Crippen molar-refractivity contribution in [2.24, 2.45) is 0 Å². The van der Waals surface area contributed by atoms with Crippen molar-refractivity contribution >= 4 is 11.6 Å². The lowest BCUT2D eigenvalue weighted by molar-refractivity contribution is 0.0380. The van der Waals surface area contributed by atoms with Gasteiger partial charge in [-0.2, -0.15) is 0 Å². The number of halogens is 2. The monoisotopic (exact) mass is 299 g/mol. The number of pyridine rings is 1. The molecule has 0 atom stereocenters. The molecule has 0 aliphatic heterocycles. The van der Waals surface area contributed by atoms with Gasteiger partial charge < -0.3 is 15.7 Å². The highest BCUT2D eigenvalue weighted by atomic mass is 19.1. The largest absolute Gasteiger partial charge is 0.388 e. The molecule has 1 heterocycles. The van der Waals surface area contributed by atoms with E-state index in [0.29, 0.717) is 19.4 Å². The van der Waals surface area contributed by atoms with E-state index in [1.807, 2.05) is 6.92 Å². The minimum atomic E-state index is -0.836. The van der Waals surface area contributed by atoms with Crippen molar-refractivity contribution in [2.45, 2.75) is 51.0 Å². The number of aliphatic hydroxyl groups is 1. The van der Waals surface area contributed by atoms with Gasteiger partial charge in [-0.3, -0.25) is 0 Å². The average molecular weight is 299 g/mol. The van der Waals surface area contributed by atoms with Gasteiger partial charge in [-0.25, -0.2) is 13.8 Å². The van der Waals surface area contributed by atoms with E-state index in [-0.39, 0.29) is 18.2 Å². The fourth-order valence-electron chi connectivity index (χ4n) is 2.69. The summed E-state index contributed by atoms with van der Waals surface area (Å²) in [6, 6.07) is 0.810. The van der Waals surface area contributed by atoms with Crippen molar-refractivity contribution in [1.29, 1.82) is 0 Å². The molecule has 2 rings (SSSR count). The van der Waals surface area contributed by atoms with E-state index in [9.17, 15) is 13.9 Å². The Morgan fingerprint density at radius 1 is 1.10 bits per heavy atom. The molecule has 3 N–H and O–H groups in total. The summed E-state index contributed by atoms with van der Waals surface area (Å²) in [4.78, 5) is 3.92. The molecule has 0 bridgehead atoms. The van der Waals surface area contributed by atoms with Gasteiger partial charge in [0.25, 0.3) is 0 Å². The molecule has 0 spiro atoms. The molecule has 0 radical (unpaired) electrons. The number of hydrogen-bond donors (Lipinski definition) is 3. The van der Waals surface area contributed by atoms with Crippen LogP contribution in [0.3, 0.4) is 0 Å². The van der Waals surface area contributed by atoms with Crippen molar-refractivity contribution in [3.05, 3.63) is 17.7 Å². The van der Waals surface area contributed by atoms with E-state index >= 15 is 0 Å². The lowest BCUT2D eigenvalue weighted by Gasteiger charge is -2.27. The maximum atomic E-state index is 13.8. The quantitative estimate of drug-likeness (QED) is 0.730. The van der Waals surface area contributed by atoms with Crippen molar-refractivity contribution in [3.8, 4) is 0 Å². The van der Waals surface area contributed by atoms with E-state index in [4.69, 9.17) is 0 Å². The number of anilines is 2. The maximum Gasteiger partial charge on any atom is 0.168 e. The summed E-state index contributed by atoms with van der Waals surface area (Å²) in [5.74, 6) is -1.46. The van der Waals surface area contributed by atoms with Gasteiger partial charge in [0, 0.05) is 19.2 Å². The molecule has 118 valence electrons. The second-order valence-electron chi connectivity index (χ2n) is 5.67. The fraction of sp³-hybridized carbons (Fsp3) is 0.667. The molecule has 1 aromatic rings. The third-order valence-electron chi connectivity index (χ3n) is 3.89. The van der Waals surface area contributed by atoms with Crippen molar-refractivity contribution in [2.75, 3.05) is 23.7 Å². The molecular weight excluding hydrogens is 276 g/mol. The summed E-state index contributed by atoms with van der Waals surface area (Å²) < 4.78 is 27.3. The third kappa shape index (κ3) is 4.27. The molecule has 1 aromatic heterocycles. The lowest BCUT2D eigenvalue weighted by atomic mass is 9.94. The first-order valence-corrected chi connectivity index (χ1v) is 7.60. The van der Waals surface area contributed by atoms with Crippen LogP contribution in [0.5, 0.6) is 0 Å². The zero-order valence-corrected chi connectivity index (χ0v) is 12.4. The van der Waals surface area contributed by atoms with Crippen LogP contribution in [0.2, 0.25) is 0 Å². The Kier molecular flexibility index (Phi) is 5.33. The Hall–Kier alpha value is -1.43. The van der Waals surface area contributed by atoms with Gasteiger partial charge in [-0.05, 0) is 19.8 Å². The second-order valence-corrected chi connectivity index (χ2v) is 5.67. The first-order chi connectivity index (χ1) is 10.0. The van der Waals surface area contributed by atoms with Crippen LogP contribution in [0.4, 0.5) is 20.4 Å². The van der Waals surface area contributed by atoms with E-state index in [2.05, 4.69) is 15.6 Å². The van der Waals surface area contributed by atoms with E-state index in [0.717, 1.165) is 31.7 Å². The Morgan fingerprint density at radius 3 is 2.24 bits per heavy atom. The molecule has 1 fully saturated rings. The van der Waals surface area contributed by atoms with Crippen molar-refractivity contribution in [1.82, 2.24) is 4.98 Å². The Balaban J connectivity index is 2.06. The van der Waals surface area contributed by atoms with E-state index < -0.39 is 17.2 Å². The summed E-state index contributed by atoms with van der Waals surface area (Å²) in [7, 11) is 0. The van der Waals surface area contributed by atoms with Crippen LogP contribution in [-0.2, 0) is 0 Å². The molecule has 0 aromatic carbocycles. The highest BCUT2D eigenvalue weighted by molar-refractivity contribution is 5.47. The van der Waals surface area contributed by atoms with Crippen molar-refractivity contribution < 1.29 is 13.9 Å². The van der Waals surface area contributed by atoms with Gasteiger partial charge in [0.1, 0.15) is 0 Å². The Morgan fingerprint density at radius 2 is 1.67 bits per heavy atom. The van der Waals surface area contributed by atoms with Gasteiger partial charge >= 0.3 is 0 Å². The number of aromatic nitrogens is 1. The first-order valence-electron chi connectivity index (χ1n) is 7.60. The Labute approximate surface area is 124 Å². The van der Waals surface area contributed by atoms with E-state index in [1.165, 1.54) is 0 Å². The van der Waals surface area contributed by atoms with Crippen LogP contribution in [0.1, 0.15) is 45.4 Å². The molecule has 0 amide bonds. The summed E-state index contributed by atoms with van der Waals surface area (Å²) in [6.45, 7) is 2.54. The molecular formula is C15H23F2N3O. The topological polar surface area (TPSA) is 57.2 Å². The summed E-state index contributed by atoms with van der Waals surface area (Å²) in [5, 5.41) is 16.1. The summed E-state index contributed by atoms with van der Waals surface area (Å²) in [5.41, 5.74) is -0.836. The van der Waals surface area contributed by atoms with Crippen LogP contribution in [0, 0.1) is 11.6 Å². The van der Waals surface area contributed by atoms with Crippen LogP contribution >= 0.6 is 0 Å². The molecule has 0 unspecified atom stereocenters. The second kappa shape index (κ2) is 7.02. The molecule has 1 saturated carbocycles. The summed E-state index contributed by atoms with van der Waals surface area (Å²) >= 11 is 0. The number of hydrogen-bond acceptors (Lipinski definition) is 4. The smallest absolute Gasteiger partial charge is 0.168 e. The molecule has 0 saturated heterocycles. The predicted octanol–water partition coefficient (Wildman–Crippen LogP) is 3.29. The summed E-state index contributed by atoms with van der Waals surface area (Å²) in [6.07, 6.45) is 5.58. The highest BCUT2D eigenvalue weighted by Gasteiger charge is 2.28. The predicted molar refractivity (Wildman–Crippen MR) is 79.5 cm³/mol. The fourth-order valence-corrected chi connectivity index (χ4v) is 2.69. The maximum absolute atomic E-state index is 13.8. The van der Waals surface area contributed by atoms with Gasteiger partial charge in [0.15, 0.2) is 23.3 Å². The molecule has 4 nitrogen and oxygen atoms in total. The molecule has 1 aliphatic carbocycles. The van der Waals surface area contributed by atoms with Crippen LogP contribution in [0.25, 0.3) is 0 Å². The lowest BCUT2D eigenvalue weighted by Crippen LogP contribution is -2.36. The average Bonchev–Trinajstić information content (AvgIpc) is 2.66. The Bertz CT molecular complexity index is 474. The van der Waals surface area contributed by atoms with Crippen LogP contribution < -0.4 is 10.6 Å². The minimum absolute atomic E-state index is 0.0225. The number of rotatable bonds is 5. The van der Waals surface area contributed by atoms with Crippen LogP contribution in [0.15, 0.2) is 6.07 Å². The van der Waals surface area contributed by atoms with Gasteiger partial charge in [-0.1, -0.05) is 25.7 Å². The standard InChI is InChI=1S/C15H23F2N3O/c1-2-18-13-11(16)9-12(17)14(20-13)19-10-15(21)7-5-3-4-6-8-15/h9,21H,2-8,10H2,1H3,(H2,18,19,20). The first kappa shape index (κ1) is 15.9. The zero-order valence-electron chi connectivity index (χ0n) is 12.4. The van der Waals surface area contributed by atoms with Crippen molar-refractivity contribution in [3.63, 3.8) is 0 Å². The van der Waals surface area contributed by atoms with Gasteiger partial charge in [-0.15, -0.1) is 0 Å². The van der Waals surface area contributed by atoms with Gasteiger partial charge in [0.2, 0.25) is 0 Å². The molecule has 6 heteroatoms. The third-order valence-corrected chi connectivity index (χ3v) is 3.89. The minimum Gasteiger partial charge on any atom is -0.388 e. The zero-order chi connectivity index (χ0) is 15.3. The molecule has 21 heavy (non-hydrogen) atoms. The van der Waals surface area contributed by atoms with E-state index in [1.54, 1.807) is 0 Å². The number of nitrogens with zero attached hydrogens (tertiary/aromatic N) is 1. The number of nitrogens with one attached hydrogen (secondary N) is 2. The highest BCUT2D eigenvalue weighted by Crippen LogP contribution is 2.28. The van der Waals surface area contributed by atoms with Crippen LogP contribution in [-0.4, -0.2) is 28.8 Å². The normalized spacial score (nSPS) is 18.1. The SMILES string of the molecule is CCNc1nc(NCC2(O)CCCCCC2)c(F)cc1F. The molecule has 1 aliphatic rings.